The lowest BCUT2D eigenvalue weighted by atomic mass is 10.0. The van der Waals surface area contributed by atoms with Crippen molar-refractivity contribution in [3.63, 3.8) is 0 Å². The number of hydrogen-bond acceptors (Lipinski definition) is 25. The molecule has 4 saturated heterocycles. The number of aryl methyl sites for hydroxylation is 11. The molecule has 4 aliphatic rings. The van der Waals surface area contributed by atoms with Crippen molar-refractivity contribution in [2.45, 2.75) is 170 Å². The summed E-state index contributed by atoms with van der Waals surface area (Å²) in [6.07, 6.45) is 11.2. The lowest BCUT2D eigenvalue weighted by Crippen LogP contribution is -2.28. The molecule has 16 rings (SSSR count). The Bertz CT molecular complexity index is 5900. The Hall–Kier alpha value is -15.0. The number of anilines is 4. The molecule has 4 amide bonds. The molecule has 0 aliphatic carbocycles. The van der Waals surface area contributed by atoms with Gasteiger partial charge in [-0.2, -0.15) is 39.9 Å². The molecule has 12 aromatic rings. The summed E-state index contributed by atoms with van der Waals surface area (Å²) in [5.74, 6) is 8.95. The minimum atomic E-state index is -0.222. The molecule has 4 aliphatic heterocycles. The van der Waals surface area contributed by atoms with Crippen molar-refractivity contribution in [2.24, 2.45) is 29.4 Å². The van der Waals surface area contributed by atoms with Gasteiger partial charge in [0.05, 0.1) is 37.9 Å². The minimum Gasteiger partial charge on any atom is -0.508 e. The Kier molecular flexibility index (Phi) is 35.0. The Morgan fingerprint density at radius 1 is 0.321 bits per heavy atom. The molecule has 8 N–H and O–H groups in total. The number of carbonyl (C=O) groups excluding carboxylic acids is 4. The third-order valence-electron chi connectivity index (χ3n) is 24.6. The van der Waals surface area contributed by atoms with E-state index in [1.54, 1.807) is 74.3 Å². The fourth-order valence-corrected chi connectivity index (χ4v) is 16.3. The van der Waals surface area contributed by atoms with Crippen molar-refractivity contribution in [1.82, 2.24) is 79.4 Å². The van der Waals surface area contributed by atoms with Crippen LogP contribution in [0, 0.1) is 44.4 Å². The Labute approximate surface area is 802 Å². The molecule has 0 spiro atoms. The fourth-order valence-electron chi connectivity index (χ4n) is 16.3. The van der Waals surface area contributed by atoms with E-state index in [0.29, 0.717) is 176 Å². The number of likely N-dealkylation sites (tertiary alicyclic amines) is 4. The van der Waals surface area contributed by atoms with Crippen molar-refractivity contribution in [3.8, 4) is 23.0 Å². The zero-order valence-corrected chi connectivity index (χ0v) is 80.0. The maximum atomic E-state index is 12.9. The van der Waals surface area contributed by atoms with E-state index < -0.39 is 0 Å². The fraction of sp³-hybridized carbons (Fsp3) is 0.333. The summed E-state index contributed by atoms with van der Waals surface area (Å²) in [6, 6.07) is 63.5. The van der Waals surface area contributed by atoms with Gasteiger partial charge < -0.3 is 66.3 Å². The van der Waals surface area contributed by atoms with Crippen molar-refractivity contribution in [3.05, 3.63) is 357 Å². The van der Waals surface area contributed by atoms with Crippen LogP contribution in [-0.4, -0.2) is 155 Å². The highest BCUT2D eigenvalue weighted by atomic mass is 16.5. The standard InChI is InChI=1S/C29H35N5O2.C27H32N6O.C27H31N5O2.C25H27N5O3/c1-5-16-34-21(3)17-24(28(34)35)18-27-31-26(15-12-22-8-6-20(2)7-9-22)32-29(33-27)30-19-23-10-13-25(36-4)14-11-23;1-18-4-6-20(7-5-18)12-13-24-30-25(15-23-14-19(2)33(3)26(23)34)32-27(31-24)29-17-22-10-8-21(16-28)9-11-22;1-18-5-7-20(8-6-18)11-14-24-29-25(16-22-15-19(2)32(3)26(22)33)31-27(30-24)28-17-21-9-12-23(34-4)13-10-21;1-16-13-19(24(33)30(16)2)14-23-27-22(12-7-17-3-8-20(31)9-4-17)28-25(29-23)26-15-18-5-10-21(32)11-6-18/h6-11,13-14,24H,3,5,12,15-19H2,1-2,4H3,(H,30,31,32,33);4-11,23H,2,12-17,28H2,1,3H3,(H,29,30,31,32);5-10,12-13,22H,2,11,14-17H2,1,3-4H3,(H,28,29,30,31);3-6,8-11,19,31-32H,1,7,12-15H2,2H3,(H,26,27,28,29). The van der Waals surface area contributed by atoms with Crippen LogP contribution in [0.4, 0.5) is 23.8 Å². The maximum Gasteiger partial charge on any atom is 0.230 e. The number of benzene rings is 8. The first-order chi connectivity index (χ1) is 66.1. The number of phenols is 2. The van der Waals surface area contributed by atoms with Gasteiger partial charge in [-0.25, -0.2) is 19.9 Å². The number of nitrogens with one attached hydrogen (secondary N) is 4. The number of methoxy groups -OCH3 is 2. The number of rotatable bonds is 37. The van der Waals surface area contributed by atoms with Gasteiger partial charge in [-0.3, -0.25) is 19.2 Å². The van der Waals surface area contributed by atoms with Crippen molar-refractivity contribution >= 4 is 47.4 Å². The molecule has 4 atom stereocenters. The number of nitrogens with two attached hydrogens (primary N) is 1. The minimum absolute atomic E-state index is 0.0321. The van der Waals surface area contributed by atoms with Gasteiger partial charge in [0.2, 0.25) is 47.4 Å². The van der Waals surface area contributed by atoms with E-state index in [1.807, 2.05) is 102 Å². The average molecular weight is 1850 g/mol. The van der Waals surface area contributed by atoms with Crippen LogP contribution in [0.2, 0.25) is 0 Å². The van der Waals surface area contributed by atoms with Crippen molar-refractivity contribution in [2.75, 3.05) is 63.2 Å². The largest absolute Gasteiger partial charge is 0.508 e. The first kappa shape index (κ1) is 99.5. The Morgan fingerprint density at radius 3 is 0.810 bits per heavy atom. The molecule has 137 heavy (non-hydrogen) atoms. The van der Waals surface area contributed by atoms with Gasteiger partial charge in [-0.05, 0) is 177 Å². The quantitative estimate of drug-likeness (QED) is 0.0190. The zero-order chi connectivity index (χ0) is 97.0. The lowest BCUT2D eigenvalue weighted by molar-refractivity contribution is -0.130. The van der Waals surface area contributed by atoms with Gasteiger partial charge in [-0.1, -0.05) is 196 Å². The first-order valence-corrected chi connectivity index (χ1v) is 46.7. The van der Waals surface area contributed by atoms with Gasteiger partial charge in [0, 0.05) is 135 Å². The molecule has 4 fully saturated rings. The van der Waals surface area contributed by atoms with E-state index in [4.69, 9.17) is 35.1 Å². The summed E-state index contributed by atoms with van der Waals surface area (Å²) in [7, 11) is 8.59. The third-order valence-corrected chi connectivity index (χ3v) is 24.6. The van der Waals surface area contributed by atoms with Crippen LogP contribution in [0.3, 0.4) is 0 Å². The number of carbonyl (C=O) groups is 4. The van der Waals surface area contributed by atoms with Crippen LogP contribution < -0.4 is 36.5 Å². The maximum absolute atomic E-state index is 12.9. The molecule has 4 aromatic heterocycles. The van der Waals surface area contributed by atoms with Crippen LogP contribution >= 0.6 is 0 Å². The predicted molar refractivity (Wildman–Crippen MR) is 532 cm³/mol. The van der Waals surface area contributed by atoms with E-state index >= 15 is 0 Å². The number of aromatic nitrogens is 12. The molecule has 0 radical (unpaired) electrons. The summed E-state index contributed by atoms with van der Waals surface area (Å²) in [4.78, 5) is 113. The van der Waals surface area contributed by atoms with Gasteiger partial charge in [-0.15, -0.1) is 0 Å². The van der Waals surface area contributed by atoms with Crippen LogP contribution in [0.5, 0.6) is 23.0 Å². The number of amides is 4. The lowest BCUT2D eigenvalue weighted by Gasteiger charge is -2.16. The average Bonchev–Trinajstić information content (AvgIpc) is 1.71. The molecular formula is C108H125N21O8. The summed E-state index contributed by atoms with van der Waals surface area (Å²) in [5, 5.41) is 32.2. The first-order valence-electron chi connectivity index (χ1n) is 46.7. The van der Waals surface area contributed by atoms with Crippen LogP contribution in [-0.2, 0) is 129 Å². The second kappa shape index (κ2) is 48.3. The highest BCUT2D eigenvalue weighted by molar-refractivity contribution is 5.85. The summed E-state index contributed by atoms with van der Waals surface area (Å²) in [5.41, 5.74) is 22.9. The van der Waals surface area contributed by atoms with Gasteiger partial charge in [0.1, 0.15) is 69.6 Å². The number of aromatic hydroxyl groups is 2. The molecule has 4 unspecified atom stereocenters. The van der Waals surface area contributed by atoms with E-state index in [0.717, 1.165) is 111 Å². The zero-order valence-electron chi connectivity index (χ0n) is 80.0. The van der Waals surface area contributed by atoms with Crippen LogP contribution in [0.15, 0.2) is 243 Å². The molecular weight excluding hydrogens is 1720 g/mol. The molecule has 29 nitrogen and oxygen atoms in total. The van der Waals surface area contributed by atoms with Gasteiger partial charge >= 0.3 is 0 Å². The van der Waals surface area contributed by atoms with Crippen molar-refractivity contribution in [1.29, 1.82) is 0 Å². The van der Waals surface area contributed by atoms with Gasteiger partial charge in [0.25, 0.3) is 0 Å². The van der Waals surface area contributed by atoms with Crippen molar-refractivity contribution < 1.29 is 38.9 Å². The summed E-state index contributed by atoms with van der Waals surface area (Å²) in [6.45, 7) is 27.8. The number of hydrogen-bond donors (Lipinski definition) is 7. The molecule has 710 valence electrons. The number of ether oxygens (including phenoxy) is 2. The Balaban J connectivity index is 0.000000154. The normalized spacial score (nSPS) is 15.6. The second-order valence-electron chi connectivity index (χ2n) is 35.3. The Morgan fingerprint density at radius 2 is 0.555 bits per heavy atom. The second-order valence-corrected chi connectivity index (χ2v) is 35.3. The van der Waals surface area contributed by atoms with E-state index in [1.165, 1.54) is 33.4 Å². The monoisotopic (exact) mass is 1840 g/mol. The number of nitrogens with zero attached hydrogens (tertiary/aromatic N) is 16. The van der Waals surface area contributed by atoms with Gasteiger partial charge in [0.15, 0.2) is 0 Å². The molecule has 8 heterocycles. The van der Waals surface area contributed by atoms with Crippen LogP contribution in [0.25, 0.3) is 0 Å². The van der Waals surface area contributed by atoms with E-state index in [-0.39, 0.29) is 58.8 Å². The number of phenolic OH excluding ortho intramolecular Hbond substituents is 2. The highest BCUT2D eigenvalue weighted by Crippen LogP contribution is 2.34. The molecule has 29 heteroatoms. The highest BCUT2D eigenvalue weighted by Gasteiger charge is 2.38. The summed E-state index contributed by atoms with van der Waals surface area (Å²) >= 11 is 0. The topological polar surface area (TPSA) is 369 Å². The summed E-state index contributed by atoms with van der Waals surface area (Å²) < 4.78 is 10.5. The third kappa shape index (κ3) is 29.3. The molecule has 8 aromatic carbocycles. The van der Waals surface area contributed by atoms with E-state index in [9.17, 15) is 29.4 Å². The SMILES string of the molecule is C=C1CC(Cc2nc(CCc3ccc(C)cc3)nc(NCc3ccc(CN)cc3)n2)C(=O)N1C.C=C1CC(Cc2nc(CCc3ccc(C)cc3)nc(NCc3ccc(OC)cc3)n2)C(=O)N1C.C=C1CC(Cc2nc(CCc3ccc(C)cc3)nc(NCc3ccc(OC)cc3)n2)C(=O)N1CCC.C=C1CC(Cc2nc(CCc3ccc(O)cc3)nc(NCc3ccc(O)cc3)n2)C(=O)N1C. The smallest absolute Gasteiger partial charge is 0.230 e. The molecule has 0 saturated carbocycles. The molecule has 0 bridgehead atoms. The van der Waals surface area contributed by atoms with E-state index in [2.05, 4.69) is 188 Å². The predicted octanol–water partition coefficient (Wildman–Crippen LogP) is 15.8. The van der Waals surface area contributed by atoms with Crippen LogP contribution in [0.1, 0.15) is 152 Å². The number of allylic oxidation sites excluding steroid dienone is 4.